The van der Waals surface area contributed by atoms with E-state index in [1.165, 1.54) is 0 Å². The number of carbonyl (C=O) groups excluding carboxylic acids is 2. The SMILES string of the molecule is CC(C)C(=O)C(C)(C)CC(C)(C)C(=O)C(C)C. The summed E-state index contributed by atoms with van der Waals surface area (Å²) in [5.41, 5.74) is -0.857. The van der Waals surface area contributed by atoms with Gasteiger partial charge in [-0.15, -0.1) is 0 Å². The Hall–Kier alpha value is -0.660. The third-order valence-corrected chi connectivity index (χ3v) is 3.27. The largest absolute Gasteiger partial charge is 0.299 e. The second-order valence-electron chi connectivity index (χ2n) is 6.98. The number of rotatable bonds is 6. The Balaban J connectivity index is 4.94. The van der Waals surface area contributed by atoms with Crippen LogP contribution in [0.2, 0.25) is 0 Å². The molecule has 0 aromatic heterocycles. The maximum Gasteiger partial charge on any atom is 0.141 e. The fourth-order valence-electron chi connectivity index (χ4n) is 2.84. The molecule has 0 aliphatic rings. The normalized spacial score (nSPS) is 13.3. The first-order chi connectivity index (χ1) is 7.42. The van der Waals surface area contributed by atoms with Crippen LogP contribution in [-0.2, 0) is 9.59 Å². The molecule has 0 aliphatic carbocycles. The van der Waals surface area contributed by atoms with E-state index in [0.29, 0.717) is 6.42 Å². The van der Waals surface area contributed by atoms with Crippen molar-refractivity contribution in [2.45, 2.75) is 61.8 Å². The molecule has 17 heavy (non-hydrogen) atoms. The minimum Gasteiger partial charge on any atom is -0.299 e. The predicted molar refractivity (Wildman–Crippen MR) is 71.9 cm³/mol. The quantitative estimate of drug-likeness (QED) is 0.706. The molecule has 0 aliphatic heterocycles. The van der Waals surface area contributed by atoms with Crippen molar-refractivity contribution in [1.82, 2.24) is 0 Å². The molecular formula is C15H28O2. The average molecular weight is 240 g/mol. The van der Waals surface area contributed by atoms with E-state index in [1.807, 2.05) is 55.4 Å². The zero-order valence-electron chi connectivity index (χ0n) is 12.7. The molecule has 0 saturated carbocycles. The summed E-state index contributed by atoms with van der Waals surface area (Å²) in [5, 5.41) is 0. The lowest BCUT2D eigenvalue weighted by atomic mass is 9.67. The number of hydrogen-bond acceptors (Lipinski definition) is 2. The molecule has 0 spiro atoms. The maximum absolute atomic E-state index is 12.1. The lowest BCUT2D eigenvalue weighted by Gasteiger charge is -2.35. The predicted octanol–water partition coefficient (Wildman–Crippen LogP) is 3.88. The lowest BCUT2D eigenvalue weighted by molar-refractivity contribution is -0.136. The van der Waals surface area contributed by atoms with Crippen molar-refractivity contribution in [3.63, 3.8) is 0 Å². The number of carbonyl (C=O) groups is 2. The summed E-state index contributed by atoms with van der Waals surface area (Å²) in [7, 11) is 0. The highest BCUT2D eigenvalue weighted by atomic mass is 16.1. The zero-order valence-corrected chi connectivity index (χ0v) is 12.7. The molecule has 0 aromatic rings. The van der Waals surface area contributed by atoms with Gasteiger partial charge in [0.1, 0.15) is 11.6 Å². The summed E-state index contributed by atoms with van der Waals surface area (Å²) >= 11 is 0. The smallest absolute Gasteiger partial charge is 0.141 e. The van der Waals surface area contributed by atoms with Crippen molar-refractivity contribution < 1.29 is 9.59 Å². The van der Waals surface area contributed by atoms with Crippen molar-refractivity contribution in [3.8, 4) is 0 Å². The minimum absolute atomic E-state index is 0.0231. The first-order valence-corrected chi connectivity index (χ1v) is 6.50. The van der Waals surface area contributed by atoms with Crippen molar-refractivity contribution in [3.05, 3.63) is 0 Å². The number of hydrogen-bond donors (Lipinski definition) is 0. The monoisotopic (exact) mass is 240 g/mol. The van der Waals surface area contributed by atoms with Gasteiger partial charge >= 0.3 is 0 Å². The standard InChI is InChI=1S/C15H28O2/c1-10(2)12(16)14(5,6)9-15(7,8)13(17)11(3)4/h10-11H,9H2,1-8H3. The molecule has 0 bridgehead atoms. The third kappa shape index (κ3) is 4.25. The lowest BCUT2D eigenvalue weighted by Crippen LogP contribution is -2.38. The van der Waals surface area contributed by atoms with Crippen LogP contribution in [0.1, 0.15) is 61.8 Å². The van der Waals surface area contributed by atoms with Crippen molar-refractivity contribution in [1.29, 1.82) is 0 Å². The Bertz CT molecular complexity index is 266. The molecule has 0 saturated heterocycles. The van der Waals surface area contributed by atoms with Crippen LogP contribution in [-0.4, -0.2) is 11.6 Å². The summed E-state index contributed by atoms with van der Waals surface area (Å²) in [6, 6.07) is 0. The number of Topliss-reactive ketones (excluding diaryl/α,β-unsaturated/α-hetero) is 2. The van der Waals surface area contributed by atoms with Crippen LogP contribution in [0.25, 0.3) is 0 Å². The van der Waals surface area contributed by atoms with E-state index in [-0.39, 0.29) is 23.4 Å². The highest BCUT2D eigenvalue weighted by Crippen LogP contribution is 2.38. The molecule has 0 unspecified atom stereocenters. The second-order valence-corrected chi connectivity index (χ2v) is 6.98. The van der Waals surface area contributed by atoms with E-state index < -0.39 is 10.8 Å². The van der Waals surface area contributed by atoms with Gasteiger partial charge in [-0.25, -0.2) is 0 Å². The van der Waals surface area contributed by atoms with E-state index in [2.05, 4.69) is 0 Å². The van der Waals surface area contributed by atoms with E-state index in [1.54, 1.807) is 0 Å². The molecule has 0 aromatic carbocycles. The Morgan fingerprint density at radius 1 is 0.765 bits per heavy atom. The van der Waals surface area contributed by atoms with Crippen molar-refractivity contribution in [2.24, 2.45) is 22.7 Å². The van der Waals surface area contributed by atoms with Gasteiger partial charge in [-0.1, -0.05) is 55.4 Å². The topological polar surface area (TPSA) is 34.1 Å². The Labute approximate surface area is 106 Å². The molecule has 2 nitrogen and oxygen atoms in total. The first kappa shape index (κ1) is 16.3. The van der Waals surface area contributed by atoms with E-state index >= 15 is 0 Å². The summed E-state index contributed by atoms with van der Waals surface area (Å²) in [6.45, 7) is 15.5. The maximum atomic E-state index is 12.1. The summed E-state index contributed by atoms with van der Waals surface area (Å²) < 4.78 is 0. The summed E-state index contributed by atoms with van der Waals surface area (Å²) in [5.74, 6) is 0.522. The van der Waals surface area contributed by atoms with Gasteiger partial charge in [-0.05, 0) is 6.42 Å². The van der Waals surface area contributed by atoms with Gasteiger partial charge in [-0.2, -0.15) is 0 Å². The fraction of sp³-hybridized carbons (Fsp3) is 0.867. The Morgan fingerprint density at radius 2 is 1.00 bits per heavy atom. The molecular weight excluding hydrogens is 212 g/mol. The number of ketones is 2. The van der Waals surface area contributed by atoms with Gasteiger partial charge in [0.05, 0.1) is 0 Å². The van der Waals surface area contributed by atoms with Gasteiger partial charge in [0.15, 0.2) is 0 Å². The molecule has 0 fully saturated rings. The van der Waals surface area contributed by atoms with E-state index in [9.17, 15) is 9.59 Å². The van der Waals surface area contributed by atoms with E-state index in [0.717, 1.165) is 0 Å². The van der Waals surface area contributed by atoms with Crippen LogP contribution in [0.4, 0.5) is 0 Å². The van der Waals surface area contributed by atoms with Crippen molar-refractivity contribution in [2.75, 3.05) is 0 Å². The fourth-order valence-corrected chi connectivity index (χ4v) is 2.84. The van der Waals surface area contributed by atoms with Crippen LogP contribution in [0.15, 0.2) is 0 Å². The molecule has 0 rings (SSSR count). The Kier molecular flexibility index (Phi) is 5.12. The highest BCUT2D eigenvalue weighted by Gasteiger charge is 2.39. The van der Waals surface area contributed by atoms with Crippen LogP contribution in [0.3, 0.4) is 0 Å². The van der Waals surface area contributed by atoms with Gasteiger partial charge < -0.3 is 0 Å². The van der Waals surface area contributed by atoms with Crippen LogP contribution in [0, 0.1) is 22.7 Å². The average Bonchev–Trinajstić information content (AvgIpc) is 2.13. The van der Waals surface area contributed by atoms with Gasteiger partial charge in [0, 0.05) is 22.7 Å². The van der Waals surface area contributed by atoms with Crippen LogP contribution >= 0.6 is 0 Å². The molecule has 0 radical (unpaired) electrons. The summed E-state index contributed by atoms with van der Waals surface area (Å²) in [6.07, 6.45) is 0.619. The van der Waals surface area contributed by atoms with Crippen molar-refractivity contribution >= 4 is 11.6 Å². The first-order valence-electron chi connectivity index (χ1n) is 6.50. The molecule has 0 atom stereocenters. The van der Waals surface area contributed by atoms with E-state index in [4.69, 9.17) is 0 Å². The molecule has 2 heteroatoms. The van der Waals surface area contributed by atoms with Crippen LogP contribution in [0.5, 0.6) is 0 Å². The second kappa shape index (κ2) is 5.32. The minimum atomic E-state index is -0.428. The van der Waals surface area contributed by atoms with Crippen LogP contribution < -0.4 is 0 Å². The molecule has 0 amide bonds. The van der Waals surface area contributed by atoms with Gasteiger partial charge in [0.25, 0.3) is 0 Å². The van der Waals surface area contributed by atoms with Gasteiger partial charge in [-0.3, -0.25) is 9.59 Å². The summed E-state index contributed by atoms with van der Waals surface area (Å²) in [4.78, 5) is 24.2. The Morgan fingerprint density at radius 3 is 1.18 bits per heavy atom. The van der Waals surface area contributed by atoms with Gasteiger partial charge in [0.2, 0.25) is 0 Å². The zero-order chi connectivity index (χ0) is 14.0. The molecule has 0 N–H and O–H groups in total. The molecule has 0 heterocycles. The highest BCUT2D eigenvalue weighted by molar-refractivity contribution is 5.89. The third-order valence-electron chi connectivity index (χ3n) is 3.27. The molecule has 100 valence electrons.